The molecule has 0 aliphatic carbocycles. The molecule has 0 aromatic heterocycles. The summed E-state index contributed by atoms with van der Waals surface area (Å²) < 4.78 is 9.99. The zero-order chi connectivity index (χ0) is 5.11. The highest BCUT2D eigenvalue weighted by atomic mass is 16.7. The van der Waals surface area contributed by atoms with Gasteiger partial charge in [-0.2, -0.15) is 0 Å². The molecule has 0 spiro atoms. The molecule has 0 bridgehead atoms. The van der Waals surface area contributed by atoms with Crippen LogP contribution in [0.2, 0.25) is 0 Å². The van der Waals surface area contributed by atoms with E-state index in [1.807, 2.05) is 6.92 Å². The van der Waals surface area contributed by atoms with Crippen molar-refractivity contribution < 1.29 is 9.47 Å². The van der Waals surface area contributed by atoms with Gasteiger partial charge in [0, 0.05) is 6.42 Å². The Morgan fingerprint density at radius 1 is 1.43 bits per heavy atom. The van der Waals surface area contributed by atoms with E-state index in [4.69, 9.17) is 9.47 Å². The highest BCUT2D eigenvalue weighted by molar-refractivity contribution is 4.65. The molecule has 41 valence electrons. The molecule has 1 aliphatic rings. The normalized spacial score (nSPS) is 23.6. The second kappa shape index (κ2) is 2.28. The largest absolute Gasteiger partial charge is 0.343 e. The van der Waals surface area contributed by atoms with Crippen LogP contribution in [0.3, 0.4) is 0 Å². The molecule has 0 N–H and O–H groups in total. The predicted octanol–water partition coefficient (Wildman–Crippen LogP) is 0.933. The minimum atomic E-state index is 0.739. The van der Waals surface area contributed by atoms with E-state index in [1.54, 1.807) is 0 Å². The van der Waals surface area contributed by atoms with Crippen molar-refractivity contribution >= 4 is 0 Å². The van der Waals surface area contributed by atoms with Crippen LogP contribution >= 0.6 is 0 Å². The van der Waals surface area contributed by atoms with E-state index >= 15 is 0 Å². The Labute approximate surface area is 43.4 Å². The van der Waals surface area contributed by atoms with E-state index in [0.717, 1.165) is 25.9 Å². The summed E-state index contributed by atoms with van der Waals surface area (Å²) in [5.74, 6) is 0. The fourth-order valence-corrected chi connectivity index (χ4v) is 0.557. The van der Waals surface area contributed by atoms with Gasteiger partial charge in [0.15, 0.2) is 0 Å². The maximum atomic E-state index is 5.00. The van der Waals surface area contributed by atoms with Crippen molar-refractivity contribution in [1.29, 1.82) is 0 Å². The van der Waals surface area contributed by atoms with Gasteiger partial charge < -0.3 is 9.47 Å². The van der Waals surface area contributed by atoms with Crippen molar-refractivity contribution in [3.05, 3.63) is 6.29 Å². The van der Waals surface area contributed by atoms with Crippen LogP contribution in [0.25, 0.3) is 0 Å². The van der Waals surface area contributed by atoms with Gasteiger partial charge in [-0.1, -0.05) is 6.92 Å². The highest BCUT2D eigenvalue weighted by Gasteiger charge is 2.13. The summed E-state index contributed by atoms with van der Waals surface area (Å²) >= 11 is 0. The molecule has 0 aromatic carbocycles. The van der Waals surface area contributed by atoms with Crippen molar-refractivity contribution in [3.8, 4) is 0 Å². The molecule has 0 atom stereocenters. The lowest BCUT2D eigenvalue weighted by Crippen LogP contribution is -1.91. The topological polar surface area (TPSA) is 18.5 Å². The predicted molar refractivity (Wildman–Crippen MR) is 25.4 cm³/mol. The van der Waals surface area contributed by atoms with Gasteiger partial charge in [-0.25, -0.2) is 0 Å². The van der Waals surface area contributed by atoms with E-state index in [0.29, 0.717) is 0 Å². The first-order valence-corrected chi connectivity index (χ1v) is 2.55. The summed E-state index contributed by atoms with van der Waals surface area (Å²) in [5, 5.41) is 0. The highest BCUT2D eigenvalue weighted by Crippen LogP contribution is 2.14. The molecule has 1 aliphatic heterocycles. The van der Waals surface area contributed by atoms with Crippen LogP contribution in [0.15, 0.2) is 0 Å². The van der Waals surface area contributed by atoms with Gasteiger partial charge in [0.05, 0.1) is 13.2 Å². The van der Waals surface area contributed by atoms with Gasteiger partial charge in [-0.05, 0) is 0 Å². The molecule has 0 amide bonds. The van der Waals surface area contributed by atoms with Crippen LogP contribution in [0.5, 0.6) is 0 Å². The molecule has 1 rings (SSSR count). The summed E-state index contributed by atoms with van der Waals surface area (Å²) in [7, 11) is 0. The third kappa shape index (κ3) is 1.14. The Morgan fingerprint density at radius 2 is 2.00 bits per heavy atom. The lowest BCUT2D eigenvalue weighted by molar-refractivity contribution is 0.0687. The summed E-state index contributed by atoms with van der Waals surface area (Å²) in [5.41, 5.74) is 0. The van der Waals surface area contributed by atoms with E-state index < -0.39 is 0 Å². The van der Waals surface area contributed by atoms with Gasteiger partial charge in [0.2, 0.25) is 6.29 Å². The Morgan fingerprint density at radius 3 is 2.29 bits per heavy atom. The lowest BCUT2D eigenvalue weighted by atomic mass is 10.5. The van der Waals surface area contributed by atoms with Crippen LogP contribution in [-0.4, -0.2) is 13.2 Å². The second-order valence-electron chi connectivity index (χ2n) is 1.42. The number of hydrogen-bond acceptors (Lipinski definition) is 2. The van der Waals surface area contributed by atoms with Crippen molar-refractivity contribution in [2.24, 2.45) is 0 Å². The van der Waals surface area contributed by atoms with E-state index in [9.17, 15) is 0 Å². The SMILES string of the molecule is CC[C]1OCCO1. The number of ether oxygens (including phenoxy) is 2. The Hall–Kier alpha value is -0.0800. The van der Waals surface area contributed by atoms with Crippen LogP contribution in [0.1, 0.15) is 13.3 Å². The van der Waals surface area contributed by atoms with Crippen molar-refractivity contribution in [1.82, 2.24) is 0 Å². The average Bonchev–Trinajstić information content (AvgIpc) is 2.14. The zero-order valence-electron chi connectivity index (χ0n) is 4.44. The first-order valence-electron chi connectivity index (χ1n) is 2.55. The third-order valence-electron chi connectivity index (χ3n) is 0.898. The summed E-state index contributed by atoms with van der Waals surface area (Å²) in [6.07, 6.45) is 1.68. The van der Waals surface area contributed by atoms with Crippen LogP contribution in [-0.2, 0) is 9.47 Å². The Kier molecular flexibility index (Phi) is 1.65. The smallest absolute Gasteiger partial charge is 0.223 e. The lowest BCUT2D eigenvalue weighted by Gasteiger charge is -1.98. The zero-order valence-corrected chi connectivity index (χ0v) is 4.44. The standard InChI is InChI=1S/C5H9O2/c1-2-5-6-3-4-7-5/h2-4H2,1H3. The third-order valence-corrected chi connectivity index (χ3v) is 0.898. The van der Waals surface area contributed by atoms with Gasteiger partial charge >= 0.3 is 0 Å². The van der Waals surface area contributed by atoms with Crippen LogP contribution < -0.4 is 0 Å². The first kappa shape index (κ1) is 5.06. The van der Waals surface area contributed by atoms with Gasteiger partial charge in [0.1, 0.15) is 0 Å². The Bertz CT molecular complexity index is 48.0. The van der Waals surface area contributed by atoms with Crippen molar-refractivity contribution in [2.45, 2.75) is 13.3 Å². The fraction of sp³-hybridized carbons (Fsp3) is 0.800. The first-order chi connectivity index (χ1) is 3.43. The summed E-state index contributed by atoms with van der Waals surface area (Å²) in [4.78, 5) is 0. The molecule has 1 radical (unpaired) electrons. The molecular weight excluding hydrogens is 92.1 g/mol. The van der Waals surface area contributed by atoms with Crippen LogP contribution in [0, 0.1) is 6.29 Å². The maximum Gasteiger partial charge on any atom is 0.223 e. The number of rotatable bonds is 1. The number of hydrogen-bond donors (Lipinski definition) is 0. The van der Waals surface area contributed by atoms with Crippen LogP contribution in [0.4, 0.5) is 0 Å². The average molecular weight is 101 g/mol. The molecule has 2 heteroatoms. The molecular formula is C5H9O2. The Balaban J connectivity index is 2.14. The molecule has 1 saturated heterocycles. The van der Waals surface area contributed by atoms with E-state index in [1.165, 1.54) is 0 Å². The van der Waals surface area contributed by atoms with Gasteiger partial charge in [0.25, 0.3) is 0 Å². The van der Waals surface area contributed by atoms with Gasteiger partial charge in [-0.3, -0.25) is 0 Å². The molecule has 2 nitrogen and oxygen atoms in total. The molecule has 7 heavy (non-hydrogen) atoms. The molecule has 0 saturated carbocycles. The molecule has 1 heterocycles. The summed E-state index contributed by atoms with van der Waals surface area (Å²) in [6.45, 7) is 3.49. The van der Waals surface area contributed by atoms with Crippen molar-refractivity contribution in [3.63, 3.8) is 0 Å². The minimum absolute atomic E-state index is 0.739. The quantitative estimate of drug-likeness (QED) is 0.489. The fourth-order valence-electron chi connectivity index (χ4n) is 0.557. The maximum absolute atomic E-state index is 5.00. The second-order valence-corrected chi connectivity index (χ2v) is 1.42. The molecule has 0 unspecified atom stereocenters. The molecule has 0 aromatic rings. The molecule has 1 fully saturated rings. The summed E-state index contributed by atoms with van der Waals surface area (Å²) in [6, 6.07) is 0. The van der Waals surface area contributed by atoms with Crippen molar-refractivity contribution in [2.75, 3.05) is 13.2 Å². The minimum Gasteiger partial charge on any atom is -0.343 e. The van der Waals surface area contributed by atoms with E-state index in [-0.39, 0.29) is 0 Å². The van der Waals surface area contributed by atoms with E-state index in [2.05, 4.69) is 0 Å². The monoisotopic (exact) mass is 101 g/mol. The van der Waals surface area contributed by atoms with Gasteiger partial charge in [-0.15, -0.1) is 0 Å².